The van der Waals surface area contributed by atoms with Gasteiger partial charge in [0.25, 0.3) is 5.91 Å². The normalized spacial score (nSPS) is 12.5. The van der Waals surface area contributed by atoms with Crippen molar-refractivity contribution in [3.8, 4) is 0 Å². The number of rotatable bonds is 8. The van der Waals surface area contributed by atoms with Crippen molar-refractivity contribution in [2.45, 2.75) is 79.0 Å². The molecular weight excluding hydrogens is 490 g/mol. The monoisotopic (exact) mass is 531 g/mol. The maximum absolute atomic E-state index is 14.1. The summed E-state index contributed by atoms with van der Waals surface area (Å²) in [5.41, 5.74) is 1.93. The van der Waals surface area contributed by atoms with E-state index in [4.69, 9.17) is 4.74 Å². The number of amides is 3. The molecule has 0 bridgehead atoms. The van der Waals surface area contributed by atoms with Crippen LogP contribution in [0, 0.1) is 13.8 Å². The second-order valence-corrected chi connectivity index (χ2v) is 11.7. The molecule has 0 saturated heterocycles. The third kappa shape index (κ3) is 7.82. The SMILES string of the molecule is CCC(C)(C)N(C(=O)CNC(=O)OC(C)(C)C)C(C(=O)Nc1ccc2ccccc2c1)c1cc(C)cc(C)c1. The van der Waals surface area contributed by atoms with Gasteiger partial charge in [-0.2, -0.15) is 0 Å². The summed E-state index contributed by atoms with van der Waals surface area (Å²) in [6.45, 7) is 14.7. The molecule has 0 aliphatic carbocycles. The van der Waals surface area contributed by atoms with Gasteiger partial charge < -0.3 is 20.3 Å². The Morgan fingerprint density at radius 1 is 0.872 bits per heavy atom. The van der Waals surface area contributed by atoms with Crippen LogP contribution in [0.5, 0.6) is 0 Å². The number of ether oxygens (including phenoxy) is 1. The zero-order chi connectivity index (χ0) is 29.0. The molecule has 0 saturated carbocycles. The number of benzene rings is 3. The van der Waals surface area contributed by atoms with E-state index in [2.05, 4.69) is 10.6 Å². The number of carbonyl (C=O) groups excluding carboxylic acids is 3. The Bertz CT molecular complexity index is 1340. The van der Waals surface area contributed by atoms with Gasteiger partial charge in [-0.05, 0) is 83.4 Å². The number of anilines is 1. The van der Waals surface area contributed by atoms with Crippen molar-refractivity contribution >= 4 is 34.4 Å². The Kier molecular flexibility index (Phi) is 9.05. The summed E-state index contributed by atoms with van der Waals surface area (Å²) in [6, 6.07) is 18.6. The Hall–Kier alpha value is -3.87. The maximum Gasteiger partial charge on any atom is 0.408 e. The second-order valence-electron chi connectivity index (χ2n) is 11.7. The van der Waals surface area contributed by atoms with Gasteiger partial charge in [0.05, 0.1) is 0 Å². The van der Waals surface area contributed by atoms with Crippen molar-refractivity contribution in [2.75, 3.05) is 11.9 Å². The molecule has 0 heterocycles. The number of aryl methyl sites for hydroxylation is 2. The van der Waals surface area contributed by atoms with E-state index >= 15 is 0 Å². The van der Waals surface area contributed by atoms with Crippen LogP contribution in [0.3, 0.4) is 0 Å². The fraction of sp³-hybridized carbons (Fsp3) is 0.406. The maximum atomic E-state index is 14.1. The fourth-order valence-electron chi connectivity index (χ4n) is 4.61. The number of alkyl carbamates (subject to hydrolysis) is 1. The predicted molar refractivity (Wildman–Crippen MR) is 157 cm³/mol. The second kappa shape index (κ2) is 11.9. The Morgan fingerprint density at radius 2 is 1.49 bits per heavy atom. The highest BCUT2D eigenvalue weighted by molar-refractivity contribution is 6.00. The van der Waals surface area contributed by atoms with E-state index in [-0.39, 0.29) is 18.4 Å². The third-order valence-electron chi connectivity index (χ3n) is 6.65. The van der Waals surface area contributed by atoms with Crippen LogP contribution in [0.4, 0.5) is 10.5 Å². The van der Waals surface area contributed by atoms with Gasteiger partial charge in [0, 0.05) is 11.2 Å². The molecule has 0 fully saturated rings. The molecule has 0 aliphatic rings. The topological polar surface area (TPSA) is 87.7 Å². The molecule has 0 aliphatic heterocycles. The van der Waals surface area contributed by atoms with Crippen LogP contribution in [0.1, 0.15) is 70.7 Å². The lowest BCUT2D eigenvalue weighted by atomic mass is 9.91. The Balaban J connectivity index is 2.02. The van der Waals surface area contributed by atoms with Crippen molar-refractivity contribution in [1.82, 2.24) is 10.2 Å². The van der Waals surface area contributed by atoms with Crippen LogP contribution in [-0.4, -0.2) is 40.5 Å². The molecule has 3 amide bonds. The standard InChI is InChI=1S/C32H41N3O4/c1-9-32(7,8)35(27(36)20-33-30(38)39-31(4,5)6)28(25-17-21(2)16-22(3)18-25)29(37)34-26-15-14-23-12-10-11-13-24(23)19-26/h10-19,28H,9,20H2,1-8H3,(H,33,38)(H,34,37). The van der Waals surface area contributed by atoms with Gasteiger partial charge in [-0.3, -0.25) is 9.59 Å². The largest absolute Gasteiger partial charge is 0.444 e. The van der Waals surface area contributed by atoms with Gasteiger partial charge in [-0.25, -0.2) is 4.79 Å². The lowest BCUT2D eigenvalue weighted by Crippen LogP contribution is -2.55. The first-order chi connectivity index (χ1) is 18.2. The quantitative estimate of drug-likeness (QED) is 0.339. The molecule has 0 radical (unpaired) electrons. The highest BCUT2D eigenvalue weighted by Crippen LogP contribution is 2.33. The summed E-state index contributed by atoms with van der Waals surface area (Å²) in [7, 11) is 0. The molecule has 7 nitrogen and oxygen atoms in total. The highest BCUT2D eigenvalue weighted by atomic mass is 16.6. The van der Waals surface area contributed by atoms with Gasteiger partial charge >= 0.3 is 6.09 Å². The van der Waals surface area contributed by atoms with Gasteiger partial charge in [0.15, 0.2) is 0 Å². The van der Waals surface area contributed by atoms with E-state index in [0.29, 0.717) is 17.7 Å². The van der Waals surface area contributed by atoms with Crippen molar-refractivity contribution in [3.05, 3.63) is 77.4 Å². The van der Waals surface area contributed by atoms with Crippen LogP contribution in [0.15, 0.2) is 60.7 Å². The van der Waals surface area contributed by atoms with Crippen molar-refractivity contribution in [3.63, 3.8) is 0 Å². The summed E-state index contributed by atoms with van der Waals surface area (Å²) in [4.78, 5) is 41.8. The third-order valence-corrected chi connectivity index (χ3v) is 6.65. The first kappa shape index (κ1) is 29.7. The molecule has 0 spiro atoms. The summed E-state index contributed by atoms with van der Waals surface area (Å²) in [5.74, 6) is -0.715. The van der Waals surface area contributed by atoms with Crippen LogP contribution >= 0.6 is 0 Å². The average Bonchev–Trinajstić information content (AvgIpc) is 2.83. The molecule has 39 heavy (non-hydrogen) atoms. The fourth-order valence-corrected chi connectivity index (χ4v) is 4.61. The van der Waals surface area contributed by atoms with E-state index in [0.717, 1.165) is 21.9 Å². The van der Waals surface area contributed by atoms with E-state index in [1.54, 1.807) is 25.7 Å². The molecule has 1 unspecified atom stereocenters. The molecule has 208 valence electrons. The smallest absolute Gasteiger partial charge is 0.408 e. The summed E-state index contributed by atoms with van der Waals surface area (Å²) < 4.78 is 5.32. The Morgan fingerprint density at radius 3 is 2.08 bits per heavy atom. The van der Waals surface area contributed by atoms with Crippen LogP contribution in [0.2, 0.25) is 0 Å². The minimum absolute atomic E-state index is 0.303. The number of nitrogens with zero attached hydrogens (tertiary/aromatic N) is 1. The van der Waals surface area contributed by atoms with Gasteiger partial charge in [0.1, 0.15) is 18.2 Å². The van der Waals surface area contributed by atoms with E-state index < -0.39 is 23.3 Å². The first-order valence-corrected chi connectivity index (χ1v) is 13.4. The van der Waals surface area contributed by atoms with Crippen LogP contribution in [-0.2, 0) is 14.3 Å². The number of nitrogens with one attached hydrogen (secondary N) is 2. The zero-order valence-corrected chi connectivity index (χ0v) is 24.3. The number of hydrogen-bond donors (Lipinski definition) is 2. The highest BCUT2D eigenvalue weighted by Gasteiger charge is 2.40. The van der Waals surface area contributed by atoms with Crippen molar-refractivity contribution in [2.24, 2.45) is 0 Å². The number of hydrogen-bond acceptors (Lipinski definition) is 4. The summed E-state index contributed by atoms with van der Waals surface area (Å²) in [5, 5.41) is 7.69. The van der Waals surface area contributed by atoms with E-state index in [1.807, 2.05) is 95.3 Å². The van der Waals surface area contributed by atoms with E-state index in [9.17, 15) is 14.4 Å². The molecule has 1 atom stereocenters. The van der Waals surface area contributed by atoms with Crippen LogP contribution in [0.25, 0.3) is 10.8 Å². The molecule has 3 aromatic carbocycles. The molecular formula is C32H41N3O4. The summed E-state index contributed by atoms with van der Waals surface area (Å²) in [6.07, 6.45) is -0.0934. The number of carbonyl (C=O) groups is 3. The molecule has 3 aromatic rings. The first-order valence-electron chi connectivity index (χ1n) is 13.4. The molecule has 0 aromatic heterocycles. The van der Waals surface area contributed by atoms with E-state index in [1.165, 1.54) is 0 Å². The van der Waals surface area contributed by atoms with Gasteiger partial charge in [-0.15, -0.1) is 0 Å². The van der Waals surface area contributed by atoms with Gasteiger partial charge in [-0.1, -0.05) is 66.6 Å². The molecule has 2 N–H and O–H groups in total. The lowest BCUT2D eigenvalue weighted by molar-refractivity contribution is -0.145. The minimum atomic E-state index is -0.932. The average molecular weight is 532 g/mol. The minimum Gasteiger partial charge on any atom is -0.444 e. The number of fused-ring (bicyclic) bond motifs is 1. The molecule has 3 rings (SSSR count). The lowest BCUT2D eigenvalue weighted by Gasteiger charge is -2.43. The zero-order valence-electron chi connectivity index (χ0n) is 24.3. The molecule has 7 heteroatoms. The van der Waals surface area contributed by atoms with Crippen molar-refractivity contribution < 1.29 is 19.1 Å². The Labute approximate surface area is 231 Å². The van der Waals surface area contributed by atoms with Gasteiger partial charge in [0.2, 0.25) is 5.91 Å². The van der Waals surface area contributed by atoms with Crippen LogP contribution < -0.4 is 10.6 Å². The van der Waals surface area contributed by atoms with Crippen molar-refractivity contribution in [1.29, 1.82) is 0 Å². The predicted octanol–water partition coefficient (Wildman–Crippen LogP) is 6.68. The summed E-state index contributed by atoms with van der Waals surface area (Å²) >= 11 is 0.